The fourth-order valence-corrected chi connectivity index (χ4v) is 3.48. The number of rotatable bonds is 5. The molecule has 1 aliphatic heterocycles. The summed E-state index contributed by atoms with van der Waals surface area (Å²) in [6.45, 7) is 5.82. The Labute approximate surface area is 133 Å². The molecule has 2 amide bonds. The van der Waals surface area contributed by atoms with Gasteiger partial charge < -0.3 is 15.3 Å². The lowest BCUT2D eigenvalue weighted by molar-refractivity contribution is -0.143. The number of aliphatic hydroxyl groups excluding tert-OH is 1. The lowest BCUT2D eigenvalue weighted by Gasteiger charge is -2.32. The predicted molar refractivity (Wildman–Crippen MR) is 85.1 cm³/mol. The standard InChI is InChI=1S/C17H30N2O3/c1-12(2)15(20)11-18-16(21)13-7-3-4-8-14(13)17(22)19-9-5-6-10-19/h12-15,20H,3-11H2,1-2H3,(H,18,21). The van der Waals surface area contributed by atoms with Crippen LogP contribution in [-0.2, 0) is 9.59 Å². The Hall–Kier alpha value is -1.10. The fourth-order valence-electron chi connectivity index (χ4n) is 3.48. The molecule has 3 atom stereocenters. The summed E-state index contributed by atoms with van der Waals surface area (Å²) < 4.78 is 0. The molecule has 1 saturated heterocycles. The number of amides is 2. The molecule has 5 nitrogen and oxygen atoms in total. The van der Waals surface area contributed by atoms with Crippen molar-refractivity contribution in [1.29, 1.82) is 0 Å². The SMILES string of the molecule is CC(C)C(O)CNC(=O)C1CCCCC1C(=O)N1CCCC1. The van der Waals surface area contributed by atoms with E-state index in [0.717, 1.165) is 51.6 Å². The molecule has 2 N–H and O–H groups in total. The zero-order chi connectivity index (χ0) is 16.1. The molecule has 0 aromatic rings. The number of nitrogens with one attached hydrogen (secondary N) is 1. The maximum Gasteiger partial charge on any atom is 0.226 e. The second kappa shape index (κ2) is 7.95. The minimum Gasteiger partial charge on any atom is -0.391 e. The summed E-state index contributed by atoms with van der Waals surface area (Å²) in [5, 5.41) is 12.7. The van der Waals surface area contributed by atoms with Crippen molar-refractivity contribution in [3.8, 4) is 0 Å². The average molecular weight is 310 g/mol. The Bertz CT molecular complexity index is 391. The van der Waals surface area contributed by atoms with Crippen molar-refractivity contribution in [3.05, 3.63) is 0 Å². The molecule has 2 rings (SSSR count). The Morgan fingerprint density at radius 1 is 1.09 bits per heavy atom. The largest absolute Gasteiger partial charge is 0.391 e. The van der Waals surface area contributed by atoms with Crippen LogP contribution in [0.5, 0.6) is 0 Å². The molecule has 0 aromatic carbocycles. The summed E-state index contributed by atoms with van der Waals surface area (Å²) >= 11 is 0. The smallest absolute Gasteiger partial charge is 0.226 e. The quantitative estimate of drug-likeness (QED) is 0.809. The summed E-state index contributed by atoms with van der Waals surface area (Å²) in [5.74, 6) is -0.156. The molecule has 1 aliphatic carbocycles. The zero-order valence-corrected chi connectivity index (χ0v) is 13.9. The molecule has 126 valence electrons. The van der Waals surface area contributed by atoms with E-state index in [2.05, 4.69) is 5.32 Å². The first-order valence-electron chi connectivity index (χ1n) is 8.75. The maximum atomic E-state index is 12.7. The van der Waals surface area contributed by atoms with Gasteiger partial charge in [0.25, 0.3) is 0 Å². The van der Waals surface area contributed by atoms with Gasteiger partial charge in [0.1, 0.15) is 0 Å². The van der Waals surface area contributed by atoms with Gasteiger partial charge in [0, 0.05) is 31.5 Å². The van der Waals surface area contributed by atoms with Crippen molar-refractivity contribution < 1.29 is 14.7 Å². The van der Waals surface area contributed by atoms with Gasteiger partial charge in [-0.3, -0.25) is 9.59 Å². The first kappa shape index (κ1) is 17.3. The molecule has 22 heavy (non-hydrogen) atoms. The molecule has 2 aliphatic rings. The Balaban J connectivity index is 1.93. The molecule has 3 unspecified atom stereocenters. The van der Waals surface area contributed by atoms with E-state index in [1.807, 2.05) is 18.7 Å². The van der Waals surface area contributed by atoms with Gasteiger partial charge in [-0.25, -0.2) is 0 Å². The van der Waals surface area contributed by atoms with Crippen LogP contribution in [0.1, 0.15) is 52.4 Å². The number of likely N-dealkylation sites (tertiary alicyclic amines) is 1. The van der Waals surface area contributed by atoms with Gasteiger partial charge in [0.15, 0.2) is 0 Å². The Kier molecular flexibility index (Phi) is 6.24. The summed E-state index contributed by atoms with van der Waals surface area (Å²) in [6, 6.07) is 0. The normalized spacial score (nSPS) is 27.0. The molecule has 1 saturated carbocycles. The van der Waals surface area contributed by atoms with Crippen LogP contribution < -0.4 is 5.32 Å². The van der Waals surface area contributed by atoms with Crippen LogP contribution in [0, 0.1) is 17.8 Å². The molecule has 1 heterocycles. The van der Waals surface area contributed by atoms with E-state index < -0.39 is 6.10 Å². The van der Waals surface area contributed by atoms with Crippen LogP contribution in [0.15, 0.2) is 0 Å². The Morgan fingerprint density at radius 2 is 1.68 bits per heavy atom. The van der Waals surface area contributed by atoms with Gasteiger partial charge in [-0.15, -0.1) is 0 Å². The van der Waals surface area contributed by atoms with Crippen LogP contribution in [0.3, 0.4) is 0 Å². The van der Waals surface area contributed by atoms with Gasteiger partial charge in [-0.1, -0.05) is 26.7 Å². The molecule has 0 bridgehead atoms. The highest BCUT2D eigenvalue weighted by Crippen LogP contribution is 2.32. The van der Waals surface area contributed by atoms with Crippen LogP contribution in [-0.4, -0.2) is 47.6 Å². The van der Waals surface area contributed by atoms with Gasteiger partial charge in [-0.2, -0.15) is 0 Å². The van der Waals surface area contributed by atoms with E-state index in [0.29, 0.717) is 0 Å². The van der Waals surface area contributed by atoms with Gasteiger partial charge in [-0.05, 0) is 31.6 Å². The van der Waals surface area contributed by atoms with Crippen LogP contribution in [0.4, 0.5) is 0 Å². The van der Waals surface area contributed by atoms with Crippen molar-refractivity contribution in [2.75, 3.05) is 19.6 Å². The highest BCUT2D eigenvalue weighted by atomic mass is 16.3. The van der Waals surface area contributed by atoms with Gasteiger partial charge >= 0.3 is 0 Å². The maximum absolute atomic E-state index is 12.7. The summed E-state index contributed by atoms with van der Waals surface area (Å²) in [7, 11) is 0. The summed E-state index contributed by atoms with van der Waals surface area (Å²) in [5.41, 5.74) is 0. The van der Waals surface area contributed by atoms with E-state index in [9.17, 15) is 14.7 Å². The molecule has 0 spiro atoms. The minimum absolute atomic E-state index is 0.0584. The molecule has 5 heteroatoms. The van der Waals surface area contributed by atoms with Crippen LogP contribution in [0.2, 0.25) is 0 Å². The first-order valence-corrected chi connectivity index (χ1v) is 8.75. The monoisotopic (exact) mass is 310 g/mol. The van der Waals surface area contributed by atoms with Crippen LogP contribution in [0.25, 0.3) is 0 Å². The van der Waals surface area contributed by atoms with E-state index in [-0.39, 0.29) is 36.1 Å². The minimum atomic E-state index is -0.528. The lowest BCUT2D eigenvalue weighted by atomic mass is 9.77. The summed E-state index contributed by atoms with van der Waals surface area (Å²) in [6.07, 6.45) is 5.28. The third kappa shape index (κ3) is 4.22. The van der Waals surface area contributed by atoms with E-state index >= 15 is 0 Å². The number of carbonyl (C=O) groups is 2. The van der Waals surface area contributed by atoms with Crippen molar-refractivity contribution in [1.82, 2.24) is 10.2 Å². The van der Waals surface area contributed by atoms with E-state index in [4.69, 9.17) is 0 Å². The average Bonchev–Trinajstić information content (AvgIpc) is 3.05. The molecular formula is C17H30N2O3. The number of aliphatic hydroxyl groups is 1. The molecular weight excluding hydrogens is 280 g/mol. The second-order valence-corrected chi connectivity index (χ2v) is 7.09. The van der Waals surface area contributed by atoms with Crippen LogP contribution >= 0.6 is 0 Å². The van der Waals surface area contributed by atoms with Crippen molar-refractivity contribution in [2.24, 2.45) is 17.8 Å². The Morgan fingerprint density at radius 3 is 2.27 bits per heavy atom. The number of nitrogens with zero attached hydrogens (tertiary/aromatic N) is 1. The number of hydrogen-bond acceptors (Lipinski definition) is 3. The molecule has 2 fully saturated rings. The highest BCUT2D eigenvalue weighted by molar-refractivity contribution is 5.88. The third-order valence-corrected chi connectivity index (χ3v) is 5.09. The molecule has 0 radical (unpaired) electrons. The van der Waals surface area contributed by atoms with Gasteiger partial charge in [0.05, 0.1) is 6.10 Å². The second-order valence-electron chi connectivity index (χ2n) is 7.09. The first-order chi connectivity index (χ1) is 10.5. The lowest BCUT2D eigenvalue weighted by Crippen LogP contribution is -2.46. The predicted octanol–water partition coefficient (Wildman–Crippen LogP) is 1.55. The van der Waals surface area contributed by atoms with Crippen molar-refractivity contribution in [3.63, 3.8) is 0 Å². The number of hydrogen-bond donors (Lipinski definition) is 2. The van der Waals surface area contributed by atoms with Crippen molar-refractivity contribution >= 4 is 11.8 Å². The third-order valence-electron chi connectivity index (χ3n) is 5.09. The molecule has 0 aromatic heterocycles. The summed E-state index contributed by atoms with van der Waals surface area (Å²) in [4.78, 5) is 27.0. The zero-order valence-electron chi connectivity index (χ0n) is 13.9. The van der Waals surface area contributed by atoms with Crippen molar-refractivity contribution in [2.45, 2.75) is 58.5 Å². The van der Waals surface area contributed by atoms with E-state index in [1.54, 1.807) is 0 Å². The van der Waals surface area contributed by atoms with E-state index in [1.165, 1.54) is 0 Å². The highest BCUT2D eigenvalue weighted by Gasteiger charge is 2.38. The number of carbonyl (C=O) groups excluding carboxylic acids is 2. The fraction of sp³-hybridized carbons (Fsp3) is 0.882. The topological polar surface area (TPSA) is 69.6 Å². The van der Waals surface area contributed by atoms with Gasteiger partial charge in [0.2, 0.25) is 11.8 Å².